The van der Waals surface area contributed by atoms with Crippen LogP contribution >= 0.6 is 23.2 Å². The molecule has 0 aromatic heterocycles. The average Bonchev–Trinajstić information content (AvgIpc) is 2.28. The minimum absolute atomic E-state index is 0.231. The predicted molar refractivity (Wildman–Crippen MR) is 66.7 cm³/mol. The number of carbonyl (C=O) groups excluding carboxylic acids is 2. The quantitative estimate of drug-likeness (QED) is 0.625. The van der Waals surface area contributed by atoms with Crippen LogP contribution in [0, 0.1) is 0 Å². The average molecular weight is 275 g/mol. The van der Waals surface area contributed by atoms with E-state index in [2.05, 4.69) is 0 Å². The molecule has 0 aliphatic heterocycles. The molecule has 92 valence electrons. The van der Waals surface area contributed by atoms with E-state index in [1.807, 2.05) is 0 Å². The van der Waals surface area contributed by atoms with Gasteiger partial charge in [0.1, 0.15) is 5.38 Å². The molecule has 1 aromatic rings. The molecular formula is C12H12Cl2O3. The maximum absolute atomic E-state index is 11.7. The Labute approximate surface area is 110 Å². The van der Waals surface area contributed by atoms with Crippen molar-refractivity contribution in [3.8, 4) is 0 Å². The van der Waals surface area contributed by atoms with Crippen LogP contribution in [-0.4, -0.2) is 18.4 Å². The third-order valence-corrected chi connectivity index (χ3v) is 2.92. The summed E-state index contributed by atoms with van der Waals surface area (Å²) < 4.78 is 4.89. The van der Waals surface area contributed by atoms with E-state index in [-0.39, 0.29) is 18.0 Å². The Hall–Kier alpha value is -1.06. The molecule has 0 spiro atoms. The number of hydrogen-bond donors (Lipinski definition) is 0. The Balaban J connectivity index is 3.21. The fourth-order valence-electron chi connectivity index (χ4n) is 1.35. The van der Waals surface area contributed by atoms with Gasteiger partial charge in [0.05, 0.1) is 12.2 Å². The summed E-state index contributed by atoms with van der Waals surface area (Å²) in [6, 6.07) is 4.60. The van der Waals surface area contributed by atoms with E-state index in [4.69, 9.17) is 27.9 Å². The number of ether oxygens (including phenoxy) is 1. The van der Waals surface area contributed by atoms with Crippen molar-refractivity contribution in [3.63, 3.8) is 0 Å². The molecule has 0 aliphatic carbocycles. The van der Waals surface area contributed by atoms with Crippen LogP contribution in [0.25, 0.3) is 0 Å². The van der Waals surface area contributed by atoms with Crippen molar-refractivity contribution in [1.82, 2.24) is 0 Å². The van der Waals surface area contributed by atoms with Gasteiger partial charge in [0.2, 0.25) is 0 Å². The molecule has 0 amide bonds. The van der Waals surface area contributed by atoms with E-state index in [0.29, 0.717) is 10.6 Å². The summed E-state index contributed by atoms with van der Waals surface area (Å²) in [5, 5.41) is -0.476. The zero-order chi connectivity index (χ0) is 13.0. The van der Waals surface area contributed by atoms with E-state index in [1.54, 1.807) is 19.1 Å². The summed E-state index contributed by atoms with van der Waals surface area (Å²) in [4.78, 5) is 22.9. The summed E-state index contributed by atoms with van der Waals surface area (Å²) in [5.41, 5.74) is 0.650. The monoisotopic (exact) mass is 274 g/mol. The van der Waals surface area contributed by atoms with E-state index >= 15 is 0 Å². The highest BCUT2D eigenvalue weighted by atomic mass is 35.5. The number of hydrogen-bond acceptors (Lipinski definition) is 3. The number of halogens is 2. The van der Waals surface area contributed by atoms with Crippen molar-refractivity contribution in [2.24, 2.45) is 0 Å². The summed E-state index contributed by atoms with van der Waals surface area (Å²) >= 11 is 11.8. The zero-order valence-electron chi connectivity index (χ0n) is 9.50. The normalized spacial score (nSPS) is 12.0. The highest BCUT2D eigenvalue weighted by Gasteiger charge is 2.21. The van der Waals surface area contributed by atoms with Crippen LogP contribution in [0.5, 0.6) is 0 Å². The van der Waals surface area contributed by atoms with Gasteiger partial charge in [-0.2, -0.15) is 0 Å². The van der Waals surface area contributed by atoms with Crippen LogP contribution in [-0.2, 0) is 9.53 Å². The van der Waals surface area contributed by atoms with Gasteiger partial charge in [0, 0.05) is 5.02 Å². The van der Waals surface area contributed by atoms with Gasteiger partial charge in [0.15, 0.2) is 5.78 Å². The van der Waals surface area contributed by atoms with Crippen LogP contribution in [0.1, 0.15) is 35.1 Å². The third kappa shape index (κ3) is 3.45. The van der Waals surface area contributed by atoms with Gasteiger partial charge in [-0.25, -0.2) is 4.79 Å². The first kappa shape index (κ1) is 14.0. The number of ketones is 1. The predicted octanol–water partition coefficient (Wildman–Crippen LogP) is 3.39. The molecule has 0 saturated carbocycles. The molecule has 17 heavy (non-hydrogen) atoms. The number of Topliss-reactive ketones (excluding diaryl/α,β-unsaturated/α-hetero) is 1. The van der Waals surface area contributed by atoms with Gasteiger partial charge in [-0.1, -0.05) is 17.7 Å². The van der Waals surface area contributed by atoms with Crippen LogP contribution in [0.15, 0.2) is 18.2 Å². The Morgan fingerprint density at radius 3 is 2.59 bits per heavy atom. The first-order chi connectivity index (χ1) is 7.97. The molecule has 0 saturated heterocycles. The van der Waals surface area contributed by atoms with E-state index in [1.165, 1.54) is 13.0 Å². The molecule has 0 N–H and O–H groups in total. The SMILES string of the molecule is CCOC(=O)c1cc(Cl)ccc1C(Cl)C(C)=O. The third-order valence-electron chi connectivity index (χ3n) is 2.14. The molecular weight excluding hydrogens is 263 g/mol. The molecule has 0 fully saturated rings. The summed E-state index contributed by atoms with van der Waals surface area (Å²) in [6.45, 7) is 3.31. The van der Waals surface area contributed by atoms with Crippen molar-refractivity contribution in [2.45, 2.75) is 19.2 Å². The van der Waals surface area contributed by atoms with Crippen molar-refractivity contribution < 1.29 is 14.3 Å². The summed E-state index contributed by atoms with van der Waals surface area (Å²) in [7, 11) is 0. The number of esters is 1. The van der Waals surface area contributed by atoms with Gasteiger partial charge in [-0.05, 0) is 31.5 Å². The van der Waals surface area contributed by atoms with Gasteiger partial charge < -0.3 is 4.74 Å². The molecule has 1 aromatic carbocycles. The largest absolute Gasteiger partial charge is 0.462 e. The molecule has 1 rings (SSSR count). The lowest BCUT2D eigenvalue weighted by molar-refractivity contribution is -0.116. The molecule has 0 aliphatic rings. The first-order valence-corrected chi connectivity index (χ1v) is 5.90. The molecule has 1 unspecified atom stereocenters. The highest BCUT2D eigenvalue weighted by Crippen LogP contribution is 2.28. The minimum atomic E-state index is -0.869. The number of benzene rings is 1. The van der Waals surface area contributed by atoms with Crippen molar-refractivity contribution in [2.75, 3.05) is 6.61 Å². The molecule has 5 heteroatoms. The molecule has 0 heterocycles. The van der Waals surface area contributed by atoms with E-state index in [0.717, 1.165) is 0 Å². The van der Waals surface area contributed by atoms with Crippen LogP contribution in [0.3, 0.4) is 0 Å². The van der Waals surface area contributed by atoms with Crippen molar-refractivity contribution in [3.05, 3.63) is 34.3 Å². The Morgan fingerprint density at radius 1 is 1.41 bits per heavy atom. The van der Waals surface area contributed by atoms with Crippen molar-refractivity contribution in [1.29, 1.82) is 0 Å². The second-order valence-corrected chi connectivity index (χ2v) is 4.30. The molecule has 1 atom stereocenters. The smallest absolute Gasteiger partial charge is 0.338 e. The number of carbonyl (C=O) groups is 2. The highest BCUT2D eigenvalue weighted by molar-refractivity contribution is 6.32. The van der Waals surface area contributed by atoms with Crippen LogP contribution in [0.2, 0.25) is 5.02 Å². The lowest BCUT2D eigenvalue weighted by Gasteiger charge is -2.12. The standard InChI is InChI=1S/C12H12Cl2O3/c1-3-17-12(16)10-6-8(13)4-5-9(10)11(14)7(2)15/h4-6,11H,3H2,1-2H3. The topological polar surface area (TPSA) is 43.4 Å². The Morgan fingerprint density at radius 2 is 2.06 bits per heavy atom. The fraction of sp³-hybridized carbons (Fsp3) is 0.333. The number of rotatable bonds is 4. The van der Waals surface area contributed by atoms with Gasteiger partial charge in [-0.15, -0.1) is 11.6 Å². The lowest BCUT2D eigenvalue weighted by atomic mass is 10.0. The fourth-order valence-corrected chi connectivity index (χ4v) is 1.72. The summed E-state index contributed by atoms with van der Waals surface area (Å²) in [5.74, 6) is -0.767. The molecule has 0 radical (unpaired) electrons. The van der Waals surface area contributed by atoms with E-state index in [9.17, 15) is 9.59 Å². The van der Waals surface area contributed by atoms with E-state index < -0.39 is 11.3 Å². The molecule has 0 bridgehead atoms. The lowest BCUT2D eigenvalue weighted by Crippen LogP contribution is -2.12. The van der Waals surface area contributed by atoms with Gasteiger partial charge in [-0.3, -0.25) is 4.79 Å². The maximum Gasteiger partial charge on any atom is 0.338 e. The van der Waals surface area contributed by atoms with Gasteiger partial charge >= 0.3 is 5.97 Å². The zero-order valence-corrected chi connectivity index (χ0v) is 11.0. The first-order valence-electron chi connectivity index (χ1n) is 5.08. The van der Waals surface area contributed by atoms with Crippen LogP contribution < -0.4 is 0 Å². The maximum atomic E-state index is 11.7. The van der Waals surface area contributed by atoms with Crippen molar-refractivity contribution >= 4 is 35.0 Å². The second-order valence-electron chi connectivity index (χ2n) is 3.43. The molecule has 3 nitrogen and oxygen atoms in total. The Bertz CT molecular complexity index is 443. The minimum Gasteiger partial charge on any atom is -0.462 e. The second kappa shape index (κ2) is 6.03. The number of alkyl halides is 1. The Kier molecular flexibility index (Phi) is 4.97. The van der Waals surface area contributed by atoms with Crippen LogP contribution in [0.4, 0.5) is 0 Å². The van der Waals surface area contributed by atoms with Gasteiger partial charge in [0.25, 0.3) is 0 Å². The summed E-state index contributed by atoms with van der Waals surface area (Å²) in [6.07, 6.45) is 0.